The molecule has 0 aliphatic rings. The van der Waals surface area contributed by atoms with Crippen molar-refractivity contribution in [2.75, 3.05) is 6.54 Å². The van der Waals surface area contributed by atoms with Crippen LogP contribution in [0.4, 0.5) is 0 Å². The molecule has 2 rings (SSSR count). The van der Waals surface area contributed by atoms with E-state index in [4.69, 9.17) is 0 Å². The zero-order valence-electron chi connectivity index (χ0n) is 16.6. The summed E-state index contributed by atoms with van der Waals surface area (Å²) in [5.41, 5.74) is 3.14. The van der Waals surface area contributed by atoms with Crippen molar-refractivity contribution in [1.29, 1.82) is 0 Å². The van der Waals surface area contributed by atoms with Gasteiger partial charge in [0.25, 0.3) is 0 Å². The van der Waals surface area contributed by atoms with Gasteiger partial charge in [-0.25, -0.2) is 0 Å². The first-order valence-electron chi connectivity index (χ1n) is 9.71. The number of amides is 2. The summed E-state index contributed by atoms with van der Waals surface area (Å²) in [4.78, 5) is 27.5. The Morgan fingerprint density at radius 2 is 1.70 bits per heavy atom. The molecule has 0 saturated heterocycles. The number of hydrogen-bond donors (Lipinski definition) is 1. The number of carbonyl (C=O) groups is 2. The normalized spacial score (nSPS) is 11.7. The molecule has 0 bridgehead atoms. The van der Waals surface area contributed by atoms with E-state index in [1.54, 1.807) is 4.90 Å². The van der Waals surface area contributed by atoms with Crippen molar-refractivity contribution in [3.8, 4) is 0 Å². The lowest BCUT2D eigenvalue weighted by molar-refractivity contribution is -0.140. The zero-order chi connectivity index (χ0) is 19.6. The predicted octanol–water partition coefficient (Wildman–Crippen LogP) is 3.87. The van der Waals surface area contributed by atoms with Gasteiger partial charge in [-0.3, -0.25) is 9.59 Å². The minimum Gasteiger partial charge on any atom is -0.354 e. The van der Waals surface area contributed by atoms with Gasteiger partial charge in [-0.2, -0.15) is 0 Å². The number of carbonyl (C=O) groups excluding carboxylic acids is 2. The Morgan fingerprint density at radius 3 is 2.33 bits per heavy atom. The summed E-state index contributed by atoms with van der Waals surface area (Å²) in [6.45, 7) is 7.07. The molecule has 0 aliphatic carbocycles. The van der Waals surface area contributed by atoms with E-state index >= 15 is 0 Å². The van der Waals surface area contributed by atoms with E-state index in [1.807, 2.05) is 69.3 Å². The Labute approximate surface area is 162 Å². The molecule has 0 saturated carbocycles. The molecular formula is C23H30N2O2. The SMILES string of the molecule is CCCNC(=O)C(CC)N(Cc1cccc(C)c1)C(=O)Cc1ccccc1. The highest BCUT2D eigenvalue weighted by atomic mass is 16.2. The van der Waals surface area contributed by atoms with Crippen molar-refractivity contribution >= 4 is 11.8 Å². The Bertz CT molecular complexity index is 743. The minimum atomic E-state index is -0.465. The van der Waals surface area contributed by atoms with Crippen molar-refractivity contribution in [2.45, 2.75) is 52.6 Å². The molecule has 0 aromatic heterocycles. The van der Waals surface area contributed by atoms with Crippen LogP contribution < -0.4 is 5.32 Å². The van der Waals surface area contributed by atoms with Crippen molar-refractivity contribution in [2.24, 2.45) is 0 Å². The molecule has 0 fully saturated rings. The Balaban J connectivity index is 2.25. The van der Waals surface area contributed by atoms with Crippen molar-refractivity contribution in [3.05, 3.63) is 71.3 Å². The minimum absolute atomic E-state index is 0.0267. The number of aryl methyl sites for hydroxylation is 1. The van der Waals surface area contributed by atoms with Crippen LogP contribution in [-0.4, -0.2) is 29.3 Å². The van der Waals surface area contributed by atoms with Gasteiger partial charge >= 0.3 is 0 Å². The summed E-state index contributed by atoms with van der Waals surface area (Å²) in [6.07, 6.45) is 1.75. The van der Waals surface area contributed by atoms with E-state index < -0.39 is 6.04 Å². The van der Waals surface area contributed by atoms with Gasteiger partial charge in [0.1, 0.15) is 6.04 Å². The Kier molecular flexibility index (Phi) is 8.05. The van der Waals surface area contributed by atoms with E-state index in [0.717, 1.165) is 23.1 Å². The average molecular weight is 367 g/mol. The average Bonchev–Trinajstić information content (AvgIpc) is 2.67. The molecule has 1 unspecified atom stereocenters. The summed E-state index contributed by atoms with van der Waals surface area (Å²) in [7, 11) is 0. The second-order valence-electron chi connectivity index (χ2n) is 6.89. The fraction of sp³-hybridized carbons (Fsp3) is 0.391. The third-order valence-electron chi connectivity index (χ3n) is 4.57. The molecule has 27 heavy (non-hydrogen) atoms. The van der Waals surface area contributed by atoms with Gasteiger partial charge in [0.05, 0.1) is 6.42 Å². The van der Waals surface area contributed by atoms with E-state index in [-0.39, 0.29) is 11.8 Å². The van der Waals surface area contributed by atoms with Gasteiger partial charge in [-0.05, 0) is 30.9 Å². The monoisotopic (exact) mass is 366 g/mol. The molecule has 4 nitrogen and oxygen atoms in total. The first-order chi connectivity index (χ1) is 13.0. The number of hydrogen-bond acceptors (Lipinski definition) is 2. The molecule has 0 heterocycles. The molecule has 0 aliphatic heterocycles. The lowest BCUT2D eigenvalue weighted by atomic mass is 10.1. The van der Waals surface area contributed by atoms with Crippen LogP contribution in [0, 0.1) is 6.92 Å². The van der Waals surface area contributed by atoms with E-state index in [1.165, 1.54) is 0 Å². The topological polar surface area (TPSA) is 49.4 Å². The van der Waals surface area contributed by atoms with E-state index in [0.29, 0.717) is 25.9 Å². The summed E-state index contributed by atoms with van der Waals surface area (Å²) in [5, 5.41) is 2.95. The van der Waals surface area contributed by atoms with Gasteiger partial charge in [-0.15, -0.1) is 0 Å². The van der Waals surface area contributed by atoms with Gasteiger partial charge in [0, 0.05) is 13.1 Å². The van der Waals surface area contributed by atoms with Crippen molar-refractivity contribution in [1.82, 2.24) is 10.2 Å². The second-order valence-corrected chi connectivity index (χ2v) is 6.89. The highest BCUT2D eigenvalue weighted by molar-refractivity contribution is 5.88. The summed E-state index contributed by atoms with van der Waals surface area (Å²) in [6, 6.07) is 17.3. The van der Waals surface area contributed by atoms with Crippen LogP contribution in [0.3, 0.4) is 0 Å². The van der Waals surface area contributed by atoms with Crippen LogP contribution >= 0.6 is 0 Å². The maximum Gasteiger partial charge on any atom is 0.242 e. The van der Waals surface area contributed by atoms with Crippen LogP contribution in [0.25, 0.3) is 0 Å². The lowest BCUT2D eigenvalue weighted by Gasteiger charge is -2.31. The molecule has 144 valence electrons. The number of nitrogens with zero attached hydrogens (tertiary/aromatic N) is 1. The molecule has 1 N–H and O–H groups in total. The zero-order valence-corrected chi connectivity index (χ0v) is 16.6. The van der Waals surface area contributed by atoms with Crippen LogP contribution in [-0.2, 0) is 22.6 Å². The highest BCUT2D eigenvalue weighted by Gasteiger charge is 2.28. The van der Waals surface area contributed by atoms with Crippen molar-refractivity contribution < 1.29 is 9.59 Å². The van der Waals surface area contributed by atoms with E-state index in [2.05, 4.69) is 11.4 Å². The molecule has 2 amide bonds. The number of nitrogens with one attached hydrogen (secondary N) is 1. The fourth-order valence-corrected chi connectivity index (χ4v) is 3.16. The highest BCUT2D eigenvalue weighted by Crippen LogP contribution is 2.15. The van der Waals surface area contributed by atoms with E-state index in [9.17, 15) is 9.59 Å². The number of rotatable bonds is 9. The molecule has 1 atom stereocenters. The van der Waals surface area contributed by atoms with Gasteiger partial charge in [0.15, 0.2) is 0 Å². The third-order valence-corrected chi connectivity index (χ3v) is 4.57. The fourth-order valence-electron chi connectivity index (χ4n) is 3.16. The first kappa shape index (κ1) is 20.7. The van der Waals surface area contributed by atoms with Gasteiger partial charge in [0.2, 0.25) is 11.8 Å². The largest absolute Gasteiger partial charge is 0.354 e. The molecule has 2 aromatic rings. The summed E-state index contributed by atoms with van der Waals surface area (Å²) >= 11 is 0. The second kappa shape index (κ2) is 10.5. The predicted molar refractivity (Wildman–Crippen MR) is 109 cm³/mol. The smallest absolute Gasteiger partial charge is 0.242 e. The van der Waals surface area contributed by atoms with Crippen LogP contribution in [0.1, 0.15) is 43.4 Å². The molecule has 0 spiro atoms. The third kappa shape index (κ3) is 6.24. The lowest BCUT2D eigenvalue weighted by Crippen LogP contribution is -2.49. The molecule has 0 radical (unpaired) electrons. The maximum absolute atomic E-state index is 13.1. The van der Waals surface area contributed by atoms with Gasteiger partial charge in [-0.1, -0.05) is 74.0 Å². The van der Waals surface area contributed by atoms with Crippen LogP contribution in [0.2, 0.25) is 0 Å². The Morgan fingerprint density at radius 1 is 1.00 bits per heavy atom. The summed E-state index contributed by atoms with van der Waals surface area (Å²) in [5.74, 6) is -0.102. The number of benzene rings is 2. The van der Waals surface area contributed by atoms with Crippen LogP contribution in [0.5, 0.6) is 0 Å². The maximum atomic E-state index is 13.1. The summed E-state index contributed by atoms with van der Waals surface area (Å²) < 4.78 is 0. The molecule has 2 aromatic carbocycles. The standard InChI is InChI=1S/C23H30N2O2/c1-4-14-24-23(27)21(5-2)25(17-20-13-9-10-18(3)15-20)22(26)16-19-11-7-6-8-12-19/h6-13,15,21H,4-5,14,16-17H2,1-3H3,(H,24,27). The van der Waals surface area contributed by atoms with Crippen LogP contribution in [0.15, 0.2) is 54.6 Å². The first-order valence-corrected chi connectivity index (χ1v) is 9.71. The van der Waals surface area contributed by atoms with Crippen molar-refractivity contribution in [3.63, 3.8) is 0 Å². The van der Waals surface area contributed by atoms with Gasteiger partial charge < -0.3 is 10.2 Å². The molecular weight excluding hydrogens is 336 g/mol. The Hall–Kier alpha value is -2.62. The quantitative estimate of drug-likeness (QED) is 0.732. The molecule has 4 heteroatoms.